The lowest BCUT2D eigenvalue weighted by Crippen LogP contribution is -2.55. The summed E-state index contributed by atoms with van der Waals surface area (Å²) < 4.78 is 16.7. The summed E-state index contributed by atoms with van der Waals surface area (Å²) in [5.74, 6) is -1.82. The van der Waals surface area contributed by atoms with E-state index in [1.807, 2.05) is 6.92 Å². The lowest BCUT2D eigenvalue weighted by Gasteiger charge is -2.34. The zero-order chi connectivity index (χ0) is 32.2. The number of likely N-dealkylation sites (N-methyl/N-ethyl adjacent to an activating group) is 1. The average Bonchev–Trinajstić information content (AvgIpc) is 2.95. The van der Waals surface area contributed by atoms with Gasteiger partial charge in [-0.05, 0) is 51.4 Å². The number of rotatable bonds is 27. The Morgan fingerprint density at radius 1 is 0.721 bits per heavy atom. The van der Waals surface area contributed by atoms with Crippen molar-refractivity contribution >= 4 is 17.9 Å². The third-order valence-corrected chi connectivity index (χ3v) is 6.73. The number of unbranched alkanes of at least 4 members (excludes halogenated alkanes) is 5. The van der Waals surface area contributed by atoms with E-state index in [1.165, 1.54) is 0 Å². The quantitative estimate of drug-likeness (QED) is 0.0489. The van der Waals surface area contributed by atoms with Gasteiger partial charge in [-0.25, -0.2) is 0 Å². The molecule has 0 N–H and O–H groups in total. The summed E-state index contributed by atoms with van der Waals surface area (Å²) >= 11 is 0. The van der Waals surface area contributed by atoms with E-state index in [0.717, 1.165) is 70.6 Å². The number of carbonyl (C=O) groups excluding carboxylic acids is 3. The molecule has 0 rings (SSSR count). The molecule has 0 aromatic rings. The number of nitrogens with zero attached hydrogens (tertiary/aromatic N) is 1. The molecule has 0 saturated carbocycles. The SMILES string of the molecule is CC/C=C\C/C=C\C/C=C\C/C=C\CCCCCCC(=O)OC(COCCC(C(=O)[O-])[N+](C)(C)C)COC(=O)CCCC. The van der Waals surface area contributed by atoms with Gasteiger partial charge >= 0.3 is 11.9 Å². The highest BCUT2D eigenvalue weighted by Crippen LogP contribution is 2.11. The van der Waals surface area contributed by atoms with Crippen molar-refractivity contribution in [2.75, 3.05) is 41.0 Å². The molecule has 8 nitrogen and oxygen atoms in total. The Morgan fingerprint density at radius 2 is 1.30 bits per heavy atom. The van der Waals surface area contributed by atoms with E-state index < -0.39 is 18.1 Å². The number of hydrogen-bond donors (Lipinski definition) is 0. The van der Waals surface area contributed by atoms with Crippen LogP contribution in [0.2, 0.25) is 0 Å². The molecule has 0 fully saturated rings. The molecule has 0 radical (unpaired) electrons. The lowest BCUT2D eigenvalue weighted by atomic mass is 10.1. The second-order valence-electron chi connectivity index (χ2n) is 11.7. The van der Waals surface area contributed by atoms with Gasteiger partial charge in [0.15, 0.2) is 6.10 Å². The van der Waals surface area contributed by atoms with Crippen molar-refractivity contribution in [1.82, 2.24) is 0 Å². The van der Waals surface area contributed by atoms with E-state index in [1.54, 1.807) is 21.1 Å². The Morgan fingerprint density at radius 3 is 1.88 bits per heavy atom. The number of carbonyl (C=O) groups is 3. The van der Waals surface area contributed by atoms with Crippen molar-refractivity contribution < 1.29 is 38.2 Å². The number of carboxylic acid groups (broad SMARTS) is 1. The van der Waals surface area contributed by atoms with Gasteiger partial charge in [0.05, 0.1) is 40.3 Å². The molecule has 0 heterocycles. The number of esters is 2. The van der Waals surface area contributed by atoms with Crippen molar-refractivity contribution in [3.8, 4) is 0 Å². The molecule has 0 spiro atoms. The molecular formula is C35H59NO7. The predicted octanol–water partition coefficient (Wildman–Crippen LogP) is 6.01. The predicted molar refractivity (Wildman–Crippen MR) is 171 cm³/mol. The van der Waals surface area contributed by atoms with Crippen LogP contribution in [0.1, 0.15) is 104 Å². The van der Waals surface area contributed by atoms with Gasteiger partial charge in [-0.1, -0.05) is 81.7 Å². The van der Waals surface area contributed by atoms with E-state index in [4.69, 9.17) is 14.2 Å². The first kappa shape index (κ1) is 40.3. The van der Waals surface area contributed by atoms with Gasteiger partial charge in [-0.15, -0.1) is 0 Å². The second kappa shape index (κ2) is 26.9. The van der Waals surface area contributed by atoms with Crippen molar-refractivity contribution in [2.24, 2.45) is 0 Å². The summed E-state index contributed by atoms with van der Waals surface area (Å²) in [6, 6.07) is -0.726. The Balaban J connectivity index is 4.30. The monoisotopic (exact) mass is 605 g/mol. The van der Waals surface area contributed by atoms with E-state index in [0.29, 0.717) is 12.8 Å². The molecule has 2 unspecified atom stereocenters. The minimum atomic E-state index is -1.14. The summed E-state index contributed by atoms with van der Waals surface area (Å²) in [4.78, 5) is 35.9. The minimum Gasteiger partial charge on any atom is -0.544 e. The Hall–Kier alpha value is -2.71. The number of hydrogen-bond acceptors (Lipinski definition) is 7. The highest BCUT2D eigenvalue weighted by atomic mass is 16.6. The largest absolute Gasteiger partial charge is 0.544 e. The van der Waals surface area contributed by atoms with Gasteiger partial charge in [0.1, 0.15) is 12.6 Å². The molecular weight excluding hydrogens is 546 g/mol. The van der Waals surface area contributed by atoms with E-state index in [2.05, 4.69) is 55.5 Å². The van der Waals surface area contributed by atoms with E-state index >= 15 is 0 Å². The molecule has 0 aromatic carbocycles. The standard InChI is InChI=1S/C35H59NO7/c1-6-8-10-11-12-13-14-15-16-17-18-19-20-21-22-23-24-26-34(38)43-31(30-42-33(37)25-9-7-2)29-41-28-27-32(35(39)40)36(3,4)5/h8,10,12-13,15-16,18-19,31-32H,6-7,9,11,14,17,20-30H2,1-5H3/b10-8-,13-12-,16-15-,19-18-. The van der Waals surface area contributed by atoms with Gasteiger partial charge in [0.25, 0.3) is 0 Å². The molecule has 2 atom stereocenters. The normalized spacial score (nSPS) is 13.8. The van der Waals surface area contributed by atoms with Crippen LogP contribution in [-0.4, -0.2) is 75.5 Å². The Kier molecular flexibility index (Phi) is 25.2. The molecule has 0 bridgehead atoms. The molecule has 0 aliphatic carbocycles. The van der Waals surface area contributed by atoms with Gasteiger partial charge in [-0.2, -0.15) is 0 Å². The van der Waals surface area contributed by atoms with E-state index in [9.17, 15) is 19.5 Å². The fourth-order valence-corrected chi connectivity index (χ4v) is 4.15. The number of carboxylic acids is 1. The minimum absolute atomic E-state index is 0.0264. The highest BCUT2D eigenvalue weighted by Gasteiger charge is 2.25. The number of quaternary nitrogens is 1. The maximum atomic E-state index is 12.5. The maximum absolute atomic E-state index is 12.5. The molecule has 246 valence electrons. The second-order valence-corrected chi connectivity index (χ2v) is 11.7. The van der Waals surface area contributed by atoms with Crippen LogP contribution in [0.15, 0.2) is 48.6 Å². The van der Waals surface area contributed by atoms with Crippen molar-refractivity contribution in [3.63, 3.8) is 0 Å². The molecule has 8 heteroatoms. The van der Waals surface area contributed by atoms with Gasteiger partial charge in [0, 0.05) is 19.3 Å². The topological polar surface area (TPSA) is 102 Å². The smallest absolute Gasteiger partial charge is 0.306 e. The van der Waals surface area contributed by atoms with Crippen molar-refractivity contribution in [2.45, 2.75) is 116 Å². The first-order valence-corrected chi connectivity index (χ1v) is 16.2. The molecule has 0 saturated heterocycles. The lowest BCUT2D eigenvalue weighted by molar-refractivity contribution is -0.889. The van der Waals surface area contributed by atoms with Crippen LogP contribution in [0, 0.1) is 0 Å². The van der Waals surface area contributed by atoms with Crippen LogP contribution in [0.3, 0.4) is 0 Å². The van der Waals surface area contributed by atoms with Gasteiger partial charge in [-0.3, -0.25) is 9.59 Å². The zero-order valence-corrected chi connectivity index (χ0v) is 27.6. The first-order chi connectivity index (χ1) is 20.6. The summed E-state index contributed by atoms with van der Waals surface area (Å²) in [5.41, 5.74) is 0. The fourth-order valence-electron chi connectivity index (χ4n) is 4.15. The summed E-state index contributed by atoms with van der Waals surface area (Å²) in [5, 5.41) is 11.5. The van der Waals surface area contributed by atoms with Crippen LogP contribution < -0.4 is 5.11 Å². The third-order valence-electron chi connectivity index (χ3n) is 6.73. The van der Waals surface area contributed by atoms with Crippen LogP contribution in [0.5, 0.6) is 0 Å². The van der Waals surface area contributed by atoms with Crippen LogP contribution in [0.4, 0.5) is 0 Å². The van der Waals surface area contributed by atoms with Gasteiger partial charge < -0.3 is 28.6 Å². The number of allylic oxidation sites excluding steroid dienone is 8. The molecule has 0 aliphatic rings. The van der Waals surface area contributed by atoms with Crippen molar-refractivity contribution in [1.29, 1.82) is 0 Å². The molecule has 0 aromatic heterocycles. The first-order valence-electron chi connectivity index (χ1n) is 16.2. The van der Waals surface area contributed by atoms with E-state index in [-0.39, 0.29) is 42.7 Å². The van der Waals surface area contributed by atoms with Crippen LogP contribution in [-0.2, 0) is 28.6 Å². The highest BCUT2D eigenvalue weighted by molar-refractivity contribution is 5.70. The van der Waals surface area contributed by atoms with Crippen LogP contribution >= 0.6 is 0 Å². The van der Waals surface area contributed by atoms with Crippen LogP contribution in [0.25, 0.3) is 0 Å². The summed E-state index contributed by atoms with van der Waals surface area (Å²) in [7, 11) is 5.35. The zero-order valence-electron chi connectivity index (χ0n) is 27.6. The molecule has 0 aliphatic heterocycles. The molecule has 43 heavy (non-hydrogen) atoms. The fraction of sp³-hybridized carbons (Fsp3) is 0.686. The number of aliphatic carboxylic acids is 1. The maximum Gasteiger partial charge on any atom is 0.306 e. The Labute approximate surface area is 261 Å². The summed E-state index contributed by atoms with van der Waals surface area (Å²) in [6.07, 6.45) is 28.1. The van der Waals surface area contributed by atoms with Gasteiger partial charge in [0.2, 0.25) is 0 Å². The van der Waals surface area contributed by atoms with Crippen molar-refractivity contribution in [3.05, 3.63) is 48.6 Å². The number of ether oxygens (including phenoxy) is 3. The summed E-state index contributed by atoms with van der Waals surface area (Å²) in [6.45, 7) is 4.24. The Bertz CT molecular complexity index is 855. The third kappa shape index (κ3) is 25.5. The average molecular weight is 606 g/mol. The molecule has 0 amide bonds.